The Morgan fingerprint density at radius 2 is 0.784 bits per heavy atom. The van der Waals surface area contributed by atoms with Gasteiger partial charge in [0.25, 0.3) is 0 Å². The van der Waals surface area contributed by atoms with Gasteiger partial charge in [-0.3, -0.25) is 19.2 Å². The molecule has 11 nitrogen and oxygen atoms in total. The third kappa shape index (κ3) is 7.54. The summed E-state index contributed by atoms with van der Waals surface area (Å²) in [5.74, 6) is -4.74. The number of aliphatic hydroxyl groups is 4. The first-order valence-electron chi connectivity index (χ1n) is 11.3. The number of ketones is 4. The average Bonchev–Trinajstić information content (AvgIpc) is 2.88. The maximum atomic E-state index is 12.6. The molecule has 0 heterocycles. The maximum absolute atomic E-state index is 12.6. The van der Waals surface area contributed by atoms with Crippen molar-refractivity contribution in [3.8, 4) is 0 Å². The van der Waals surface area contributed by atoms with Crippen molar-refractivity contribution in [1.82, 2.24) is 0 Å². The lowest BCUT2D eigenvalue weighted by Crippen LogP contribution is -2.17. The minimum Gasteiger partial charge on any atom is -0.396 e. The molecule has 0 unspecified atom stereocenters. The number of carbonyl (C=O) groups excluding carboxylic acids is 6. The smallest absolute Gasteiger partial charge is 0.346 e. The van der Waals surface area contributed by atoms with Crippen molar-refractivity contribution in [2.75, 3.05) is 26.4 Å². The zero-order chi connectivity index (χ0) is 27.5. The molecule has 4 N–H and O–H groups in total. The Morgan fingerprint density at radius 3 is 1.08 bits per heavy atom. The number of rotatable bonds is 14. The van der Waals surface area contributed by atoms with Crippen LogP contribution in [0, 0.1) is 0 Å². The highest BCUT2D eigenvalue weighted by molar-refractivity contribution is 6.12. The first-order valence-corrected chi connectivity index (χ1v) is 11.3. The molecule has 0 amide bonds. The van der Waals surface area contributed by atoms with E-state index in [1.54, 1.807) is 0 Å². The third-order valence-electron chi connectivity index (χ3n) is 5.25. The Labute approximate surface area is 211 Å². The monoisotopic (exact) mass is 514 g/mol. The topological polar surface area (TPSA) is 193 Å². The lowest BCUT2D eigenvalue weighted by molar-refractivity contribution is 0.0396. The number of Topliss-reactive ketones (excluding diaryl/α,β-unsaturated/α-hetero) is 4. The molecule has 196 valence electrons. The number of aliphatic hydroxyl groups excluding tert-OH is 4. The van der Waals surface area contributed by atoms with Crippen LogP contribution in [-0.4, -0.2) is 81.9 Å². The van der Waals surface area contributed by atoms with Crippen molar-refractivity contribution in [3.05, 3.63) is 69.8 Å². The van der Waals surface area contributed by atoms with Gasteiger partial charge in [-0.25, -0.2) is 9.59 Å². The van der Waals surface area contributed by atoms with E-state index >= 15 is 0 Å². The Balaban J connectivity index is 2.37. The van der Waals surface area contributed by atoms with Crippen LogP contribution in [0.4, 0.5) is 0 Å². The molecule has 11 heteroatoms. The van der Waals surface area contributed by atoms with Gasteiger partial charge in [-0.1, -0.05) is 0 Å². The highest BCUT2D eigenvalue weighted by Crippen LogP contribution is 2.20. The second-order valence-electron chi connectivity index (χ2n) is 7.78. The molecule has 0 aliphatic carbocycles. The van der Waals surface area contributed by atoms with Crippen LogP contribution in [0.1, 0.15) is 87.8 Å². The highest BCUT2D eigenvalue weighted by atomic mass is 16.6. The van der Waals surface area contributed by atoms with Crippen molar-refractivity contribution >= 4 is 35.1 Å². The second kappa shape index (κ2) is 14.0. The van der Waals surface area contributed by atoms with Crippen molar-refractivity contribution in [2.24, 2.45) is 0 Å². The minimum absolute atomic E-state index is 0.0643. The quantitative estimate of drug-likeness (QED) is 0.159. The molecule has 0 fully saturated rings. The fourth-order valence-electron chi connectivity index (χ4n) is 3.44. The van der Waals surface area contributed by atoms with Crippen LogP contribution in [0.5, 0.6) is 0 Å². The lowest BCUT2D eigenvalue weighted by atomic mass is 9.95. The molecule has 0 saturated carbocycles. The third-order valence-corrected chi connectivity index (χ3v) is 5.25. The summed E-state index contributed by atoms with van der Waals surface area (Å²) in [6, 6.07) is 6.76. The van der Waals surface area contributed by atoms with E-state index in [1.807, 2.05) is 0 Å². The molecule has 0 aliphatic rings. The van der Waals surface area contributed by atoms with Crippen molar-refractivity contribution < 1.29 is 53.9 Å². The van der Waals surface area contributed by atoms with Gasteiger partial charge in [0.15, 0.2) is 23.1 Å². The normalized spacial score (nSPS) is 10.6. The minimum atomic E-state index is -1.17. The van der Waals surface area contributed by atoms with E-state index in [4.69, 9.17) is 25.2 Å². The lowest BCUT2D eigenvalue weighted by Gasteiger charge is -2.11. The van der Waals surface area contributed by atoms with E-state index < -0.39 is 61.5 Å². The summed E-state index contributed by atoms with van der Waals surface area (Å²) in [4.78, 5) is 74.6. The molecule has 0 radical (unpaired) electrons. The van der Waals surface area contributed by atoms with Gasteiger partial charge in [-0.05, 0) is 36.4 Å². The molecule has 0 bridgehead atoms. The fourth-order valence-corrected chi connectivity index (χ4v) is 3.44. The predicted molar refractivity (Wildman–Crippen MR) is 127 cm³/mol. The van der Waals surface area contributed by atoms with Crippen molar-refractivity contribution in [3.63, 3.8) is 0 Å². The summed E-state index contributed by atoms with van der Waals surface area (Å²) in [6.07, 6.45) is -1.20. The van der Waals surface area contributed by atoms with Crippen LogP contribution in [0.2, 0.25) is 0 Å². The van der Waals surface area contributed by atoms with E-state index in [0.29, 0.717) is 0 Å². The van der Waals surface area contributed by atoms with Gasteiger partial charge in [0.05, 0.1) is 37.6 Å². The van der Waals surface area contributed by atoms with E-state index in [0.717, 1.165) is 24.3 Å². The molecular weight excluding hydrogens is 488 g/mol. The zero-order valence-electron chi connectivity index (χ0n) is 19.8. The predicted octanol–water partition coefficient (Wildman–Crippen LogP) is 0.944. The van der Waals surface area contributed by atoms with Crippen LogP contribution in [0.15, 0.2) is 36.4 Å². The Morgan fingerprint density at radius 1 is 0.486 bits per heavy atom. The number of carbonyl (C=O) groups is 6. The summed E-state index contributed by atoms with van der Waals surface area (Å²) in [5.41, 5.74) is -0.991. The molecule has 2 rings (SSSR count). The molecule has 0 aromatic heterocycles. The largest absolute Gasteiger partial charge is 0.396 e. The standard InChI is InChI=1S/C26H26O11/c27-9-5-21(31)17-3-1-15(13-19(17)23(33)7-11-29)25(35)37-26(36)16-2-4-18(22(32)6-10-28)20(14-16)24(34)8-12-30/h1-4,13-14,27-30H,5-12H2. The molecule has 0 atom stereocenters. The molecule has 2 aromatic rings. The van der Waals surface area contributed by atoms with E-state index in [1.165, 1.54) is 12.1 Å². The number of hydrogen-bond acceptors (Lipinski definition) is 11. The summed E-state index contributed by atoms with van der Waals surface area (Å²) < 4.78 is 4.86. The van der Waals surface area contributed by atoms with E-state index in [2.05, 4.69) is 0 Å². The van der Waals surface area contributed by atoms with Crippen molar-refractivity contribution in [1.29, 1.82) is 0 Å². The van der Waals surface area contributed by atoms with Crippen LogP contribution in [-0.2, 0) is 4.74 Å². The molecule has 0 saturated heterocycles. The molecule has 0 spiro atoms. The van der Waals surface area contributed by atoms with Gasteiger partial charge in [0.2, 0.25) is 0 Å². The van der Waals surface area contributed by atoms with Crippen LogP contribution in [0.3, 0.4) is 0 Å². The number of ether oxygens (including phenoxy) is 1. The van der Waals surface area contributed by atoms with Gasteiger partial charge in [-0.15, -0.1) is 0 Å². The van der Waals surface area contributed by atoms with Gasteiger partial charge in [-0.2, -0.15) is 0 Å². The fraction of sp³-hybridized carbons (Fsp3) is 0.308. The summed E-state index contributed by atoms with van der Waals surface area (Å²) in [6.45, 7) is -1.93. The van der Waals surface area contributed by atoms with E-state index in [-0.39, 0.29) is 59.1 Å². The van der Waals surface area contributed by atoms with Gasteiger partial charge >= 0.3 is 11.9 Å². The first-order chi connectivity index (χ1) is 17.7. The van der Waals surface area contributed by atoms with Gasteiger partial charge < -0.3 is 25.2 Å². The number of benzene rings is 2. The molecule has 37 heavy (non-hydrogen) atoms. The summed E-state index contributed by atoms with van der Waals surface area (Å²) in [7, 11) is 0. The average molecular weight is 514 g/mol. The summed E-state index contributed by atoms with van der Waals surface area (Å²) in [5, 5.41) is 36.2. The highest BCUT2D eigenvalue weighted by Gasteiger charge is 2.23. The van der Waals surface area contributed by atoms with Crippen LogP contribution >= 0.6 is 0 Å². The second-order valence-corrected chi connectivity index (χ2v) is 7.78. The van der Waals surface area contributed by atoms with E-state index in [9.17, 15) is 28.8 Å². The van der Waals surface area contributed by atoms with Crippen LogP contribution in [0.25, 0.3) is 0 Å². The Hall–Kier alpha value is -3.90. The number of esters is 2. The molecule has 2 aromatic carbocycles. The SMILES string of the molecule is O=C(OC(=O)c1ccc(C(=O)CCO)c(C(=O)CCO)c1)c1ccc(C(=O)CCO)c(C(=O)CCO)c1. The van der Waals surface area contributed by atoms with Gasteiger partial charge in [0.1, 0.15) is 0 Å². The Kier molecular flexibility index (Phi) is 11.1. The van der Waals surface area contributed by atoms with Gasteiger partial charge in [0, 0.05) is 47.9 Å². The van der Waals surface area contributed by atoms with Crippen LogP contribution < -0.4 is 0 Å². The first kappa shape index (κ1) is 29.3. The number of hydrogen-bond donors (Lipinski definition) is 4. The molecule has 0 aliphatic heterocycles. The van der Waals surface area contributed by atoms with Crippen molar-refractivity contribution in [2.45, 2.75) is 25.7 Å². The summed E-state index contributed by atoms with van der Waals surface area (Å²) >= 11 is 0. The Bertz CT molecular complexity index is 1120. The zero-order valence-corrected chi connectivity index (χ0v) is 19.8. The maximum Gasteiger partial charge on any atom is 0.346 e. The molecular formula is C26H26O11.